The Morgan fingerprint density at radius 3 is 2.43 bits per heavy atom. The van der Waals surface area contributed by atoms with Crippen LogP contribution in [-0.2, 0) is 11.1 Å². The maximum absolute atomic E-state index is 10.2. The average Bonchev–Trinajstić information content (AvgIpc) is 2.08. The molecule has 1 aromatic rings. The van der Waals surface area contributed by atoms with Crippen molar-refractivity contribution >= 4 is 22.8 Å². The standard InChI is InChI=1S/C9H12O2S2.Na/c1-8-2-4-9(5-3-8)12-6-7-13(10)11;/h2-5H,6-7H2,1H3,(H,10,11);/q;+1/p-1. The molecular formula is C9H11NaO2S2. The fraction of sp³-hybridized carbons (Fsp3) is 0.333. The van der Waals surface area contributed by atoms with E-state index in [1.54, 1.807) is 11.8 Å². The Bertz CT molecular complexity index is 287. The zero-order chi connectivity index (χ0) is 9.68. The topological polar surface area (TPSA) is 40.1 Å². The molecule has 1 rings (SSSR count). The molecule has 0 saturated heterocycles. The van der Waals surface area contributed by atoms with Gasteiger partial charge in [-0.15, -0.1) is 11.8 Å². The molecule has 0 amide bonds. The first kappa shape index (κ1) is 14.7. The van der Waals surface area contributed by atoms with Gasteiger partial charge in [-0.1, -0.05) is 28.8 Å². The SMILES string of the molecule is Cc1ccc(SCCS(=O)[O-])cc1.[Na+]. The van der Waals surface area contributed by atoms with Crippen molar-refractivity contribution in [2.24, 2.45) is 0 Å². The second-order valence-corrected chi connectivity index (χ2v) is 4.85. The first-order valence-electron chi connectivity index (χ1n) is 3.94. The van der Waals surface area contributed by atoms with Crippen LogP contribution in [0.4, 0.5) is 0 Å². The van der Waals surface area contributed by atoms with E-state index in [2.05, 4.69) is 0 Å². The van der Waals surface area contributed by atoms with E-state index in [0.29, 0.717) is 5.75 Å². The first-order valence-corrected chi connectivity index (χ1v) is 6.17. The molecule has 0 spiro atoms. The van der Waals surface area contributed by atoms with Crippen LogP contribution < -0.4 is 29.6 Å². The fourth-order valence-electron chi connectivity index (χ4n) is 0.862. The summed E-state index contributed by atoms with van der Waals surface area (Å²) in [5.41, 5.74) is 1.22. The van der Waals surface area contributed by atoms with Gasteiger partial charge < -0.3 is 4.55 Å². The van der Waals surface area contributed by atoms with Crippen molar-refractivity contribution in [1.82, 2.24) is 0 Å². The third-order valence-electron chi connectivity index (χ3n) is 1.54. The van der Waals surface area contributed by atoms with Crippen LogP contribution in [0.25, 0.3) is 0 Å². The number of rotatable bonds is 4. The van der Waals surface area contributed by atoms with E-state index >= 15 is 0 Å². The molecule has 1 unspecified atom stereocenters. The molecule has 72 valence electrons. The van der Waals surface area contributed by atoms with Gasteiger partial charge in [0.1, 0.15) is 0 Å². The molecule has 0 aromatic heterocycles. The minimum atomic E-state index is -1.91. The smallest absolute Gasteiger partial charge is 0.772 e. The van der Waals surface area contributed by atoms with Gasteiger partial charge in [0, 0.05) is 16.4 Å². The zero-order valence-corrected chi connectivity index (χ0v) is 12.0. The van der Waals surface area contributed by atoms with Crippen LogP contribution in [0.5, 0.6) is 0 Å². The molecule has 0 aliphatic carbocycles. The molecule has 14 heavy (non-hydrogen) atoms. The Hall–Kier alpha value is 0.680. The average molecular weight is 238 g/mol. The van der Waals surface area contributed by atoms with Gasteiger partial charge in [0.25, 0.3) is 0 Å². The van der Waals surface area contributed by atoms with E-state index in [1.807, 2.05) is 31.2 Å². The minimum absolute atomic E-state index is 0. The maximum atomic E-state index is 10.2. The third kappa shape index (κ3) is 6.22. The second kappa shape index (κ2) is 7.91. The second-order valence-electron chi connectivity index (χ2n) is 2.67. The molecule has 2 nitrogen and oxygen atoms in total. The number of hydrogen-bond acceptors (Lipinski definition) is 3. The normalized spacial score (nSPS) is 11.9. The van der Waals surface area contributed by atoms with Gasteiger partial charge in [0.2, 0.25) is 0 Å². The first-order chi connectivity index (χ1) is 6.18. The molecule has 0 heterocycles. The molecule has 0 aliphatic heterocycles. The molecule has 5 heteroatoms. The Morgan fingerprint density at radius 2 is 1.93 bits per heavy atom. The van der Waals surface area contributed by atoms with E-state index in [-0.39, 0.29) is 35.3 Å². The summed E-state index contributed by atoms with van der Waals surface area (Å²) >= 11 is -0.350. The number of aryl methyl sites for hydroxylation is 1. The summed E-state index contributed by atoms with van der Waals surface area (Å²) in [5, 5.41) is 0. The van der Waals surface area contributed by atoms with Crippen molar-refractivity contribution in [2.75, 3.05) is 11.5 Å². The van der Waals surface area contributed by atoms with Crippen molar-refractivity contribution in [3.63, 3.8) is 0 Å². The van der Waals surface area contributed by atoms with Gasteiger partial charge in [0.05, 0.1) is 0 Å². The van der Waals surface area contributed by atoms with Crippen LogP contribution in [0.1, 0.15) is 5.56 Å². The summed E-state index contributed by atoms with van der Waals surface area (Å²) < 4.78 is 20.5. The monoisotopic (exact) mass is 238 g/mol. The quantitative estimate of drug-likeness (QED) is 0.382. The van der Waals surface area contributed by atoms with Crippen LogP contribution in [0, 0.1) is 6.92 Å². The van der Waals surface area contributed by atoms with E-state index < -0.39 is 11.1 Å². The Balaban J connectivity index is 0.00000169. The zero-order valence-electron chi connectivity index (χ0n) is 8.36. The fourth-order valence-corrected chi connectivity index (χ4v) is 2.30. The van der Waals surface area contributed by atoms with Gasteiger partial charge >= 0.3 is 29.6 Å². The van der Waals surface area contributed by atoms with E-state index in [9.17, 15) is 8.76 Å². The largest absolute Gasteiger partial charge is 1.00 e. The summed E-state index contributed by atoms with van der Waals surface area (Å²) in [6.45, 7) is 2.03. The minimum Gasteiger partial charge on any atom is -0.772 e. The predicted molar refractivity (Wildman–Crippen MR) is 55.7 cm³/mol. The summed E-state index contributed by atoms with van der Waals surface area (Å²) in [5.74, 6) is 0.845. The molecule has 1 atom stereocenters. The molecule has 0 bridgehead atoms. The van der Waals surface area contributed by atoms with Crippen LogP contribution in [-0.4, -0.2) is 20.3 Å². The van der Waals surface area contributed by atoms with Gasteiger partial charge in [0.15, 0.2) is 0 Å². The summed E-state index contributed by atoms with van der Waals surface area (Å²) in [4.78, 5) is 1.12. The molecule has 1 aromatic carbocycles. The van der Waals surface area contributed by atoms with E-state index in [0.717, 1.165) is 4.90 Å². The van der Waals surface area contributed by atoms with Crippen LogP contribution in [0.3, 0.4) is 0 Å². The van der Waals surface area contributed by atoms with Crippen LogP contribution >= 0.6 is 11.8 Å². The van der Waals surface area contributed by atoms with Crippen molar-refractivity contribution in [2.45, 2.75) is 11.8 Å². The number of hydrogen-bond donors (Lipinski definition) is 0. The molecule has 0 fully saturated rings. The Morgan fingerprint density at radius 1 is 1.36 bits per heavy atom. The van der Waals surface area contributed by atoms with E-state index in [1.165, 1.54) is 5.56 Å². The van der Waals surface area contributed by atoms with Crippen LogP contribution in [0.15, 0.2) is 29.2 Å². The van der Waals surface area contributed by atoms with E-state index in [4.69, 9.17) is 0 Å². The number of thioether (sulfide) groups is 1. The Kier molecular flexibility index (Phi) is 8.29. The molecule has 0 radical (unpaired) electrons. The Labute approximate surface area is 113 Å². The molecule has 0 aliphatic rings. The summed E-state index contributed by atoms with van der Waals surface area (Å²) in [6.07, 6.45) is 0. The van der Waals surface area contributed by atoms with Crippen molar-refractivity contribution < 1.29 is 38.3 Å². The van der Waals surface area contributed by atoms with Gasteiger partial charge in [-0.2, -0.15) is 0 Å². The molecule has 0 N–H and O–H groups in total. The molecule has 0 saturated carbocycles. The van der Waals surface area contributed by atoms with Crippen LogP contribution in [0.2, 0.25) is 0 Å². The summed E-state index contributed by atoms with van der Waals surface area (Å²) in [7, 11) is 0. The maximum Gasteiger partial charge on any atom is 1.00 e. The molecular weight excluding hydrogens is 227 g/mol. The third-order valence-corrected chi connectivity index (χ3v) is 3.35. The van der Waals surface area contributed by atoms with Crippen molar-refractivity contribution in [3.8, 4) is 0 Å². The van der Waals surface area contributed by atoms with Gasteiger partial charge in [-0.25, -0.2) is 0 Å². The van der Waals surface area contributed by atoms with Gasteiger partial charge in [-0.3, -0.25) is 4.21 Å². The van der Waals surface area contributed by atoms with Crippen molar-refractivity contribution in [1.29, 1.82) is 0 Å². The van der Waals surface area contributed by atoms with Gasteiger partial charge in [-0.05, 0) is 19.1 Å². The summed E-state index contributed by atoms with van der Waals surface area (Å²) in [6, 6.07) is 8.06. The predicted octanol–water partition coefficient (Wildman–Crippen LogP) is -1.03. The number of benzene rings is 1. The van der Waals surface area contributed by atoms with Crippen molar-refractivity contribution in [3.05, 3.63) is 29.8 Å².